The third-order valence-corrected chi connectivity index (χ3v) is 6.43. The number of anilines is 1. The van der Waals surface area contributed by atoms with Crippen LogP contribution in [0, 0.1) is 6.92 Å². The Kier molecular flexibility index (Phi) is 4.49. The maximum Gasteiger partial charge on any atom is 0.320 e. The number of nitrogens with one attached hydrogen (secondary N) is 1. The van der Waals surface area contributed by atoms with Crippen LogP contribution in [0.2, 0.25) is 0 Å². The van der Waals surface area contributed by atoms with Crippen LogP contribution < -0.4 is 5.32 Å². The lowest BCUT2D eigenvalue weighted by Crippen LogP contribution is -2.24. The summed E-state index contributed by atoms with van der Waals surface area (Å²) >= 11 is 2.68. The molecular weight excluding hydrogens is 378 g/mol. The van der Waals surface area contributed by atoms with E-state index in [4.69, 9.17) is 0 Å². The minimum Gasteiger partial charge on any atom is -0.301 e. The Morgan fingerprint density at radius 2 is 2.19 bits per heavy atom. The number of nitrogens with zero attached hydrogens (tertiary/aromatic N) is 3. The number of halogens is 2. The molecule has 1 aromatic carbocycles. The maximum atomic E-state index is 13.1. The highest BCUT2D eigenvalue weighted by Gasteiger charge is 2.29. The van der Waals surface area contributed by atoms with Crippen LogP contribution in [-0.4, -0.2) is 25.7 Å². The number of amides is 1. The average Bonchev–Trinajstić information content (AvgIpc) is 3.31. The molecule has 1 N–H and O–H groups in total. The fraction of sp³-hybridized carbons (Fsp3) is 0.235. The highest BCUT2D eigenvalue weighted by Crippen LogP contribution is 2.38. The van der Waals surface area contributed by atoms with Crippen LogP contribution in [0.25, 0.3) is 10.7 Å². The number of thiazole rings is 1. The van der Waals surface area contributed by atoms with Gasteiger partial charge in [0, 0.05) is 17.3 Å². The fourth-order valence-corrected chi connectivity index (χ4v) is 4.98. The second kappa shape index (κ2) is 6.81. The van der Waals surface area contributed by atoms with E-state index in [1.165, 1.54) is 24.2 Å². The van der Waals surface area contributed by atoms with Gasteiger partial charge < -0.3 is 5.32 Å². The summed E-state index contributed by atoms with van der Waals surface area (Å²) in [4.78, 5) is 22.5. The number of carbonyl (C=O) groups is 1. The lowest BCUT2D eigenvalue weighted by atomic mass is 10.1. The molecule has 0 fully saturated rings. The number of imidazole rings is 1. The zero-order chi connectivity index (χ0) is 18.3. The van der Waals surface area contributed by atoms with Crippen molar-refractivity contribution in [3.63, 3.8) is 0 Å². The average molecular weight is 392 g/mol. The summed E-state index contributed by atoms with van der Waals surface area (Å²) in [5.41, 5.74) is 1.72. The first kappa shape index (κ1) is 17.2. The summed E-state index contributed by atoms with van der Waals surface area (Å²) in [7, 11) is 0. The molecule has 1 atom stereocenters. The van der Waals surface area contributed by atoms with E-state index in [0.717, 1.165) is 26.4 Å². The smallest absolute Gasteiger partial charge is 0.301 e. The molecule has 0 radical (unpaired) electrons. The molecule has 3 aromatic rings. The minimum absolute atomic E-state index is 0.135. The van der Waals surface area contributed by atoms with Crippen LogP contribution in [-0.2, 0) is 11.2 Å². The zero-order valence-corrected chi connectivity index (χ0v) is 15.3. The monoisotopic (exact) mass is 392 g/mol. The van der Waals surface area contributed by atoms with Gasteiger partial charge in [-0.25, -0.2) is 9.97 Å². The topological polar surface area (TPSA) is 59.8 Å². The molecule has 26 heavy (non-hydrogen) atoms. The standard InChI is InChI=1S/C17H14F2N4OS2/c1-9-13(14-20-6-7-23(14)16(18)19)26-17(21-9)22-15(24)12-8-10-4-2-3-5-11(10)25-12/h2-7,12,16H,8H2,1H3,(H,21,22,24). The van der Waals surface area contributed by atoms with Gasteiger partial charge in [0.1, 0.15) is 0 Å². The molecule has 1 aliphatic rings. The highest BCUT2D eigenvalue weighted by molar-refractivity contribution is 8.01. The lowest BCUT2D eigenvalue weighted by molar-refractivity contribution is -0.115. The number of rotatable bonds is 4. The van der Waals surface area contributed by atoms with E-state index in [-0.39, 0.29) is 17.0 Å². The van der Waals surface area contributed by atoms with Crippen molar-refractivity contribution in [2.75, 3.05) is 5.32 Å². The molecule has 5 nitrogen and oxygen atoms in total. The molecule has 1 aliphatic heterocycles. The summed E-state index contributed by atoms with van der Waals surface area (Å²) in [6.07, 6.45) is 3.22. The summed E-state index contributed by atoms with van der Waals surface area (Å²) < 4.78 is 26.9. The van der Waals surface area contributed by atoms with Crippen molar-refractivity contribution in [1.29, 1.82) is 0 Å². The van der Waals surface area contributed by atoms with Gasteiger partial charge >= 0.3 is 6.55 Å². The molecule has 9 heteroatoms. The molecule has 0 spiro atoms. The Labute approximate surface area is 156 Å². The first-order valence-corrected chi connectivity index (χ1v) is 9.56. The Balaban J connectivity index is 1.52. The number of aryl methyl sites for hydroxylation is 1. The Hall–Kier alpha value is -2.26. The quantitative estimate of drug-likeness (QED) is 0.716. The third kappa shape index (κ3) is 3.12. The van der Waals surface area contributed by atoms with Gasteiger partial charge in [-0.1, -0.05) is 29.5 Å². The molecular formula is C17H14F2N4OS2. The van der Waals surface area contributed by atoms with Gasteiger partial charge in [0.25, 0.3) is 0 Å². The van der Waals surface area contributed by atoms with E-state index in [0.29, 0.717) is 22.1 Å². The van der Waals surface area contributed by atoms with Gasteiger partial charge in [-0.3, -0.25) is 9.36 Å². The number of fused-ring (bicyclic) bond motifs is 1. The molecule has 0 bridgehead atoms. The van der Waals surface area contributed by atoms with Crippen molar-refractivity contribution >= 4 is 34.1 Å². The van der Waals surface area contributed by atoms with E-state index < -0.39 is 6.55 Å². The predicted octanol–water partition coefficient (Wildman–Crippen LogP) is 4.37. The molecule has 1 amide bonds. The second-order valence-corrected chi connectivity index (χ2v) is 8.02. The highest BCUT2D eigenvalue weighted by atomic mass is 32.2. The molecule has 1 unspecified atom stereocenters. The van der Waals surface area contributed by atoms with E-state index in [1.807, 2.05) is 24.3 Å². The number of benzene rings is 1. The van der Waals surface area contributed by atoms with Crippen LogP contribution in [0.1, 0.15) is 17.8 Å². The van der Waals surface area contributed by atoms with Crippen molar-refractivity contribution in [3.05, 3.63) is 47.9 Å². The number of hydrogen-bond donors (Lipinski definition) is 1. The summed E-state index contributed by atoms with van der Waals surface area (Å²) in [5, 5.41) is 2.99. The van der Waals surface area contributed by atoms with E-state index in [2.05, 4.69) is 15.3 Å². The summed E-state index contributed by atoms with van der Waals surface area (Å²) in [6.45, 7) is -0.966. The number of thioether (sulfide) groups is 1. The van der Waals surface area contributed by atoms with Crippen molar-refractivity contribution in [3.8, 4) is 10.7 Å². The molecule has 3 heterocycles. The van der Waals surface area contributed by atoms with Gasteiger partial charge in [0.05, 0.1) is 15.8 Å². The number of aromatic nitrogens is 3. The Morgan fingerprint density at radius 1 is 1.38 bits per heavy atom. The van der Waals surface area contributed by atoms with Crippen molar-refractivity contribution in [2.24, 2.45) is 0 Å². The van der Waals surface area contributed by atoms with Crippen molar-refractivity contribution < 1.29 is 13.6 Å². The SMILES string of the molecule is Cc1nc(NC(=O)C2Cc3ccccc3S2)sc1-c1nccn1C(F)F. The fourth-order valence-electron chi connectivity index (χ4n) is 2.82. The Morgan fingerprint density at radius 3 is 2.96 bits per heavy atom. The first-order chi connectivity index (χ1) is 12.5. The van der Waals surface area contributed by atoms with Crippen LogP contribution in [0.5, 0.6) is 0 Å². The first-order valence-electron chi connectivity index (χ1n) is 7.87. The number of hydrogen-bond acceptors (Lipinski definition) is 5. The number of carbonyl (C=O) groups excluding carboxylic acids is 1. The molecule has 2 aromatic heterocycles. The van der Waals surface area contributed by atoms with Crippen molar-refractivity contribution in [1.82, 2.24) is 14.5 Å². The number of alkyl halides is 2. The maximum absolute atomic E-state index is 13.1. The zero-order valence-electron chi connectivity index (χ0n) is 13.6. The van der Waals surface area contributed by atoms with E-state index in [1.54, 1.807) is 6.92 Å². The molecule has 0 aliphatic carbocycles. The summed E-state index contributed by atoms with van der Waals surface area (Å²) in [6, 6.07) is 7.93. The van der Waals surface area contributed by atoms with Crippen LogP contribution in [0.3, 0.4) is 0 Å². The van der Waals surface area contributed by atoms with Crippen LogP contribution in [0.15, 0.2) is 41.6 Å². The van der Waals surface area contributed by atoms with E-state index in [9.17, 15) is 13.6 Å². The van der Waals surface area contributed by atoms with Crippen LogP contribution in [0.4, 0.5) is 13.9 Å². The third-order valence-electron chi connectivity index (χ3n) is 4.05. The Bertz CT molecular complexity index is 944. The minimum atomic E-state index is -2.68. The van der Waals surface area contributed by atoms with E-state index >= 15 is 0 Å². The van der Waals surface area contributed by atoms with Gasteiger partial charge in [-0.2, -0.15) is 8.78 Å². The lowest BCUT2D eigenvalue weighted by Gasteiger charge is -2.07. The van der Waals surface area contributed by atoms with Gasteiger partial charge in [0.15, 0.2) is 11.0 Å². The molecule has 134 valence electrons. The summed E-state index contributed by atoms with van der Waals surface area (Å²) in [5.74, 6) is 0.0156. The second-order valence-electron chi connectivity index (χ2n) is 5.78. The van der Waals surface area contributed by atoms with Crippen LogP contribution >= 0.6 is 23.1 Å². The largest absolute Gasteiger partial charge is 0.320 e. The normalized spacial score (nSPS) is 16.1. The molecule has 4 rings (SSSR count). The molecule has 0 saturated carbocycles. The van der Waals surface area contributed by atoms with Crippen molar-refractivity contribution in [2.45, 2.75) is 30.0 Å². The molecule has 0 saturated heterocycles. The predicted molar refractivity (Wildman–Crippen MR) is 97.7 cm³/mol. The van der Waals surface area contributed by atoms with Gasteiger partial charge in [-0.05, 0) is 25.0 Å². The van der Waals surface area contributed by atoms with Gasteiger partial charge in [0.2, 0.25) is 5.91 Å². The van der Waals surface area contributed by atoms with Gasteiger partial charge in [-0.15, -0.1) is 11.8 Å².